The van der Waals surface area contributed by atoms with Crippen LogP contribution in [0.4, 0.5) is 0 Å². The molecule has 2 aromatic heterocycles. The predicted molar refractivity (Wildman–Crippen MR) is 91.9 cm³/mol. The summed E-state index contributed by atoms with van der Waals surface area (Å²) in [5.74, 6) is 1.46. The van der Waals surface area contributed by atoms with Crippen molar-refractivity contribution in [3.8, 4) is 22.8 Å². The lowest BCUT2D eigenvalue weighted by molar-refractivity contribution is 0.354. The SMILES string of the molecule is COc1ccc(CNCc2cn[nH]c2-c2cccnc2)cc1OC. The van der Waals surface area contributed by atoms with Crippen molar-refractivity contribution < 1.29 is 9.47 Å². The number of benzene rings is 1. The highest BCUT2D eigenvalue weighted by molar-refractivity contribution is 5.61. The third kappa shape index (κ3) is 3.55. The van der Waals surface area contributed by atoms with Gasteiger partial charge in [-0.25, -0.2) is 0 Å². The molecule has 6 heteroatoms. The van der Waals surface area contributed by atoms with Gasteiger partial charge in [0.25, 0.3) is 0 Å². The molecule has 0 aliphatic heterocycles. The maximum absolute atomic E-state index is 5.33. The summed E-state index contributed by atoms with van der Waals surface area (Å²) in [6.07, 6.45) is 5.42. The monoisotopic (exact) mass is 324 g/mol. The summed E-state index contributed by atoms with van der Waals surface area (Å²) in [5, 5.41) is 10.6. The van der Waals surface area contributed by atoms with E-state index in [9.17, 15) is 0 Å². The minimum Gasteiger partial charge on any atom is -0.493 e. The van der Waals surface area contributed by atoms with E-state index in [0.717, 1.165) is 40.4 Å². The van der Waals surface area contributed by atoms with Gasteiger partial charge < -0.3 is 14.8 Å². The lowest BCUT2D eigenvalue weighted by Crippen LogP contribution is -2.13. The molecule has 0 bridgehead atoms. The smallest absolute Gasteiger partial charge is 0.161 e. The molecule has 24 heavy (non-hydrogen) atoms. The topological polar surface area (TPSA) is 72.1 Å². The van der Waals surface area contributed by atoms with Crippen LogP contribution in [0.5, 0.6) is 11.5 Å². The Morgan fingerprint density at radius 2 is 1.92 bits per heavy atom. The van der Waals surface area contributed by atoms with Gasteiger partial charge in [-0.3, -0.25) is 10.1 Å². The van der Waals surface area contributed by atoms with E-state index in [4.69, 9.17) is 9.47 Å². The highest BCUT2D eigenvalue weighted by Gasteiger charge is 2.08. The number of nitrogens with one attached hydrogen (secondary N) is 2. The van der Waals surface area contributed by atoms with E-state index in [0.29, 0.717) is 6.54 Å². The Labute approximate surface area is 140 Å². The van der Waals surface area contributed by atoms with Crippen molar-refractivity contribution in [2.75, 3.05) is 14.2 Å². The zero-order valence-corrected chi connectivity index (χ0v) is 13.7. The number of hydrogen-bond donors (Lipinski definition) is 2. The Balaban J connectivity index is 1.65. The fourth-order valence-electron chi connectivity index (χ4n) is 2.54. The summed E-state index contributed by atoms with van der Waals surface area (Å²) in [6.45, 7) is 1.42. The third-order valence-electron chi connectivity index (χ3n) is 3.76. The molecule has 0 aliphatic rings. The summed E-state index contributed by atoms with van der Waals surface area (Å²) < 4.78 is 10.6. The first kappa shape index (κ1) is 16.0. The maximum atomic E-state index is 5.33. The number of rotatable bonds is 7. The Morgan fingerprint density at radius 3 is 2.67 bits per heavy atom. The van der Waals surface area contributed by atoms with E-state index in [1.807, 2.05) is 42.7 Å². The standard InChI is InChI=1S/C18H20N4O2/c1-23-16-6-5-13(8-17(16)24-2)9-20-11-15-12-21-22-18(15)14-4-3-7-19-10-14/h3-8,10,12,20H,9,11H2,1-2H3,(H,21,22). The van der Waals surface area contributed by atoms with Crippen molar-refractivity contribution in [2.24, 2.45) is 0 Å². The van der Waals surface area contributed by atoms with Crippen LogP contribution in [-0.4, -0.2) is 29.4 Å². The van der Waals surface area contributed by atoms with Gasteiger partial charge in [-0.1, -0.05) is 6.07 Å². The molecular weight excluding hydrogens is 304 g/mol. The van der Waals surface area contributed by atoms with Gasteiger partial charge in [0.1, 0.15) is 0 Å². The Hall–Kier alpha value is -2.86. The van der Waals surface area contributed by atoms with Gasteiger partial charge in [-0.2, -0.15) is 5.10 Å². The lowest BCUT2D eigenvalue weighted by atomic mass is 10.1. The summed E-state index contributed by atoms with van der Waals surface area (Å²) in [7, 11) is 3.27. The number of hydrogen-bond acceptors (Lipinski definition) is 5. The molecule has 2 N–H and O–H groups in total. The molecule has 0 amide bonds. The minimum absolute atomic E-state index is 0.703. The molecule has 124 valence electrons. The van der Waals surface area contributed by atoms with Gasteiger partial charge in [0.2, 0.25) is 0 Å². The minimum atomic E-state index is 0.703. The number of aromatic amines is 1. The number of ether oxygens (including phenoxy) is 2. The normalized spacial score (nSPS) is 10.6. The Kier molecular flexibility index (Phi) is 5.08. The molecule has 0 radical (unpaired) electrons. The second kappa shape index (κ2) is 7.61. The first-order valence-electron chi connectivity index (χ1n) is 7.66. The van der Waals surface area contributed by atoms with Gasteiger partial charge in [0, 0.05) is 36.6 Å². The summed E-state index contributed by atoms with van der Waals surface area (Å²) >= 11 is 0. The Bertz CT molecular complexity index is 787. The molecule has 0 aliphatic carbocycles. The largest absolute Gasteiger partial charge is 0.493 e. The van der Waals surface area contributed by atoms with Crippen LogP contribution >= 0.6 is 0 Å². The first-order chi connectivity index (χ1) is 11.8. The van der Waals surface area contributed by atoms with Crippen LogP contribution in [0, 0.1) is 0 Å². The fraction of sp³-hybridized carbons (Fsp3) is 0.222. The third-order valence-corrected chi connectivity index (χ3v) is 3.76. The molecule has 0 saturated carbocycles. The van der Waals surface area contributed by atoms with Crippen LogP contribution in [-0.2, 0) is 13.1 Å². The first-order valence-corrected chi connectivity index (χ1v) is 7.66. The zero-order valence-electron chi connectivity index (χ0n) is 13.7. The van der Waals surface area contributed by atoms with E-state index >= 15 is 0 Å². The highest BCUT2D eigenvalue weighted by atomic mass is 16.5. The van der Waals surface area contributed by atoms with Crippen molar-refractivity contribution in [3.63, 3.8) is 0 Å². The van der Waals surface area contributed by atoms with Crippen LogP contribution in [0.2, 0.25) is 0 Å². The molecule has 3 aromatic rings. The van der Waals surface area contributed by atoms with Crippen LogP contribution in [0.1, 0.15) is 11.1 Å². The number of methoxy groups -OCH3 is 2. The van der Waals surface area contributed by atoms with Crippen molar-refractivity contribution in [2.45, 2.75) is 13.1 Å². The molecule has 0 unspecified atom stereocenters. The van der Waals surface area contributed by atoms with Gasteiger partial charge in [0.05, 0.1) is 26.1 Å². The molecule has 0 atom stereocenters. The zero-order chi connectivity index (χ0) is 16.8. The second-order valence-corrected chi connectivity index (χ2v) is 5.30. The molecule has 6 nitrogen and oxygen atoms in total. The summed E-state index contributed by atoms with van der Waals surface area (Å²) in [4.78, 5) is 4.15. The highest BCUT2D eigenvalue weighted by Crippen LogP contribution is 2.27. The Morgan fingerprint density at radius 1 is 1.04 bits per heavy atom. The molecular formula is C18H20N4O2. The second-order valence-electron chi connectivity index (χ2n) is 5.30. The number of nitrogens with zero attached hydrogens (tertiary/aromatic N) is 2. The van der Waals surface area contributed by atoms with Gasteiger partial charge in [0.15, 0.2) is 11.5 Å². The molecule has 3 rings (SSSR count). The number of aromatic nitrogens is 3. The van der Waals surface area contributed by atoms with Gasteiger partial charge >= 0.3 is 0 Å². The average molecular weight is 324 g/mol. The van der Waals surface area contributed by atoms with E-state index in [-0.39, 0.29) is 0 Å². The number of pyridine rings is 1. The van der Waals surface area contributed by atoms with Crippen LogP contribution < -0.4 is 14.8 Å². The van der Waals surface area contributed by atoms with E-state index < -0.39 is 0 Å². The summed E-state index contributed by atoms with van der Waals surface area (Å²) in [5.41, 5.74) is 4.24. The molecule has 2 heterocycles. The van der Waals surface area contributed by atoms with Crippen molar-refractivity contribution in [1.29, 1.82) is 0 Å². The fourth-order valence-corrected chi connectivity index (χ4v) is 2.54. The van der Waals surface area contributed by atoms with Gasteiger partial charge in [-0.05, 0) is 29.8 Å². The van der Waals surface area contributed by atoms with E-state index in [1.165, 1.54) is 0 Å². The lowest BCUT2D eigenvalue weighted by Gasteiger charge is -2.10. The van der Waals surface area contributed by atoms with Crippen LogP contribution in [0.25, 0.3) is 11.3 Å². The quantitative estimate of drug-likeness (QED) is 0.699. The molecule has 0 spiro atoms. The van der Waals surface area contributed by atoms with Gasteiger partial charge in [-0.15, -0.1) is 0 Å². The van der Waals surface area contributed by atoms with E-state index in [1.54, 1.807) is 20.4 Å². The van der Waals surface area contributed by atoms with Crippen molar-refractivity contribution >= 4 is 0 Å². The molecule has 1 aromatic carbocycles. The average Bonchev–Trinajstić information content (AvgIpc) is 3.11. The maximum Gasteiger partial charge on any atom is 0.161 e. The summed E-state index contributed by atoms with van der Waals surface area (Å²) in [6, 6.07) is 9.83. The molecule has 0 saturated heterocycles. The van der Waals surface area contributed by atoms with E-state index in [2.05, 4.69) is 20.5 Å². The predicted octanol–water partition coefficient (Wildman–Crippen LogP) is 2.78. The van der Waals surface area contributed by atoms with Crippen LogP contribution in [0.15, 0.2) is 48.9 Å². The van der Waals surface area contributed by atoms with Crippen molar-refractivity contribution in [1.82, 2.24) is 20.5 Å². The number of H-pyrrole nitrogens is 1. The van der Waals surface area contributed by atoms with Crippen molar-refractivity contribution in [3.05, 3.63) is 60.0 Å². The van der Waals surface area contributed by atoms with Crippen LogP contribution in [0.3, 0.4) is 0 Å². The molecule has 0 fully saturated rings.